The predicted molar refractivity (Wildman–Crippen MR) is 112 cm³/mol. The molecule has 150 valence electrons. The van der Waals surface area contributed by atoms with Gasteiger partial charge in [-0.1, -0.05) is 44.5 Å². The Morgan fingerprint density at radius 3 is 2.57 bits per heavy atom. The number of benzene rings is 1. The second kappa shape index (κ2) is 7.72. The molecule has 0 aromatic heterocycles. The van der Waals surface area contributed by atoms with Crippen LogP contribution in [0.5, 0.6) is 0 Å². The highest BCUT2D eigenvalue weighted by atomic mass is 35.5. The van der Waals surface area contributed by atoms with E-state index in [1.807, 2.05) is 24.3 Å². The van der Waals surface area contributed by atoms with E-state index in [0.29, 0.717) is 16.4 Å². The van der Waals surface area contributed by atoms with Gasteiger partial charge < -0.3 is 10.2 Å². The average molecular weight is 422 g/mol. The normalized spacial score (nSPS) is 19.4. The summed E-state index contributed by atoms with van der Waals surface area (Å²) in [6.07, 6.45) is 5.57. The van der Waals surface area contributed by atoms with Crippen LogP contribution in [-0.4, -0.2) is 37.4 Å². The van der Waals surface area contributed by atoms with E-state index >= 15 is 0 Å². The first-order valence-electron chi connectivity index (χ1n) is 9.08. The maximum Gasteiger partial charge on any atom is 0.256 e. The minimum absolute atomic E-state index is 0.00935. The van der Waals surface area contributed by atoms with Crippen LogP contribution in [0.3, 0.4) is 0 Å². The summed E-state index contributed by atoms with van der Waals surface area (Å²) < 4.78 is 27.0. The zero-order chi connectivity index (χ0) is 20.5. The first-order chi connectivity index (χ1) is 13.0. The predicted octanol–water partition coefficient (Wildman–Crippen LogP) is 3.43. The standard InChI is InChI=1S/C20H24ClN3O3S/c1-20(2,3)12-17(14-4-7-16(21)8-5-14)22-19(25)15-6-9-18-23-28(26,27)11-10-24(18)13-15/h4-9,13,17H,10-12H2,1-3H3,(H,22,25). The van der Waals surface area contributed by atoms with E-state index in [2.05, 4.69) is 30.5 Å². The Morgan fingerprint density at radius 2 is 1.93 bits per heavy atom. The third-order valence-electron chi connectivity index (χ3n) is 4.48. The van der Waals surface area contributed by atoms with E-state index in [4.69, 9.17) is 11.6 Å². The van der Waals surface area contributed by atoms with Crippen LogP contribution in [0.2, 0.25) is 5.02 Å². The van der Waals surface area contributed by atoms with Crippen molar-refractivity contribution >= 4 is 33.4 Å². The minimum atomic E-state index is -3.42. The fraction of sp³-hybridized carbons (Fsp3) is 0.400. The van der Waals surface area contributed by atoms with Crippen molar-refractivity contribution in [3.05, 3.63) is 58.8 Å². The lowest BCUT2D eigenvalue weighted by Crippen LogP contribution is -2.38. The van der Waals surface area contributed by atoms with Crippen molar-refractivity contribution in [1.29, 1.82) is 0 Å². The SMILES string of the molecule is CC(C)(C)CC(NC(=O)C1=CN2CCS(=O)(=O)N=C2C=C1)c1ccc(Cl)cc1. The summed E-state index contributed by atoms with van der Waals surface area (Å²) in [5, 5.41) is 3.75. The second-order valence-corrected chi connectivity index (χ2v) is 10.4. The van der Waals surface area contributed by atoms with E-state index in [1.54, 1.807) is 23.3 Å². The van der Waals surface area contributed by atoms with Crippen LogP contribution in [0.25, 0.3) is 0 Å². The molecular weight excluding hydrogens is 398 g/mol. The molecule has 28 heavy (non-hydrogen) atoms. The van der Waals surface area contributed by atoms with Gasteiger partial charge in [0, 0.05) is 17.8 Å². The maximum atomic E-state index is 12.9. The molecule has 0 bridgehead atoms. The summed E-state index contributed by atoms with van der Waals surface area (Å²) in [6.45, 7) is 6.65. The fourth-order valence-electron chi connectivity index (χ4n) is 3.14. The quantitative estimate of drug-likeness (QED) is 0.807. The summed E-state index contributed by atoms with van der Waals surface area (Å²) >= 11 is 6.00. The summed E-state index contributed by atoms with van der Waals surface area (Å²) in [5.74, 6) is 0.0624. The molecule has 0 aliphatic carbocycles. The highest BCUT2D eigenvalue weighted by Crippen LogP contribution is 2.30. The Hall–Kier alpha value is -2.12. The van der Waals surface area contributed by atoms with Crippen molar-refractivity contribution in [2.75, 3.05) is 12.3 Å². The average Bonchev–Trinajstić information content (AvgIpc) is 2.59. The Kier molecular flexibility index (Phi) is 5.68. The molecule has 0 saturated carbocycles. The number of hydrogen-bond acceptors (Lipinski definition) is 4. The Balaban J connectivity index is 1.80. The molecule has 2 heterocycles. The summed E-state index contributed by atoms with van der Waals surface area (Å²) in [6, 6.07) is 7.30. The molecule has 0 saturated heterocycles. The third kappa shape index (κ3) is 5.23. The van der Waals surface area contributed by atoms with Crippen molar-refractivity contribution in [2.45, 2.75) is 33.2 Å². The molecule has 2 aliphatic rings. The number of halogens is 1. The largest absolute Gasteiger partial charge is 0.345 e. The van der Waals surface area contributed by atoms with Gasteiger partial charge in [0.1, 0.15) is 5.84 Å². The van der Waals surface area contributed by atoms with E-state index in [1.165, 1.54) is 0 Å². The topological polar surface area (TPSA) is 78.8 Å². The second-order valence-electron chi connectivity index (χ2n) is 8.19. The van der Waals surface area contributed by atoms with Crippen LogP contribution < -0.4 is 5.32 Å². The van der Waals surface area contributed by atoms with Crippen molar-refractivity contribution in [3.63, 3.8) is 0 Å². The highest BCUT2D eigenvalue weighted by Gasteiger charge is 2.27. The van der Waals surface area contributed by atoms with Gasteiger partial charge in [0.15, 0.2) is 0 Å². The highest BCUT2D eigenvalue weighted by molar-refractivity contribution is 7.90. The number of sulfonamides is 1. The smallest absolute Gasteiger partial charge is 0.256 e. The molecule has 6 nitrogen and oxygen atoms in total. The lowest BCUT2D eigenvalue weighted by Gasteiger charge is -2.29. The van der Waals surface area contributed by atoms with Crippen LogP contribution in [0.1, 0.15) is 38.8 Å². The van der Waals surface area contributed by atoms with E-state index in [0.717, 1.165) is 12.0 Å². The first kappa shape index (κ1) is 20.6. The molecule has 1 N–H and O–H groups in total. The number of carbonyl (C=O) groups is 1. The number of hydrogen-bond donors (Lipinski definition) is 1. The van der Waals surface area contributed by atoms with Gasteiger partial charge in [-0.15, -0.1) is 4.40 Å². The third-order valence-corrected chi connectivity index (χ3v) is 5.90. The Bertz CT molecular complexity index is 957. The summed E-state index contributed by atoms with van der Waals surface area (Å²) in [4.78, 5) is 14.6. The van der Waals surface area contributed by atoms with Crippen molar-refractivity contribution in [1.82, 2.24) is 10.2 Å². The molecule has 0 spiro atoms. The monoisotopic (exact) mass is 421 g/mol. The fourth-order valence-corrected chi connectivity index (χ4v) is 4.23. The molecule has 0 radical (unpaired) electrons. The van der Waals surface area contributed by atoms with Gasteiger partial charge in [-0.05, 0) is 41.7 Å². The van der Waals surface area contributed by atoms with Crippen LogP contribution in [0.15, 0.2) is 52.6 Å². The first-order valence-corrected chi connectivity index (χ1v) is 11.1. The lowest BCUT2D eigenvalue weighted by molar-refractivity contribution is -0.118. The van der Waals surface area contributed by atoms with Crippen molar-refractivity contribution in [3.8, 4) is 0 Å². The molecular formula is C20H24ClN3O3S. The number of carbonyl (C=O) groups excluding carboxylic acids is 1. The molecule has 1 aromatic rings. The van der Waals surface area contributed by atoms with Gasteiger partial charge in [-0.2, -0.15) is 0 Å². The molecule has 0 fully saturated rings. The number of rotatable bonds is 4. The van der Waals surface area contributed by atoms with Gasteiger partial charge in [0.05, 0.1) is 17.4 Å². The van der Waals surface area contributed by atoms with Crippen molar-refractivity contribution in [2.24, 2.45) is 9.81 Å². The van der Waals surface area contributed by atoms with Crippen LogP contribution in [-0.2, 0) is 14.8 Å². The Labute approximate surface area is 171 Å². The van der Waals surface area contributed by atoms with E-state index in [-0.39, 0.29) is 29.7 Å². The van der Waals surface area contributed by atoms with Crippen LogP contribution >= 0.6 is 11.6 Å². The molecule has 1 aromatic carbocycles. The molecule has 1 unspecified atom stereocenters. The zero-order valence-electron chi connectivity index (χ0n) is 16.1. The van der Waals surface area contributed by atoms with Gasteiger partial charge in [-0.3, -0.25) is 4.79 Å². The van der Waals surface area contributed by atoms with Gasteiger partial charge >= 0.3 is 0 Å². The zero-order valence-corrected chi connectivity index (χ0v) is 17.7. The maximum absolute atomic E-state index is 12.9. The molecule has 3 rings (SSSR count). The summed E-state index contributed by atoms with van der Waals surface area (Å²) in [7, 11) is -3.42. The number of amidine groups is 1. The lowest BCUT2D eigenvalue weighted by atomic mass is 9.85. The summed E-state index contributed by atoms with van der Waals surface area (Å²) in [5.41, 5.74) is 1.46. The Morgan fingerprint density at radius 1 is 1.25 bits per heavy atom. The van der Waals surface area contributed by atoms with Gasteiger partial charge in [-0.25, -0.2) is 8.42 Å². The van der Waals surface area contributed by atoms with Crippen LogP contribution in [0, 0.1) is 5.41 Å². The number of amides is 1. The minimum Gasteiger partial charge on any atom is -0.345 e. The van der Waals surface area contributed by atoms with Crippen LogP contribution in [0.4, 0.5) is 0 Å². The van der Waals surface area contributed by atoms with Gasteiger partial charge in [0.2, 0.25) is 0 Å². The molecule has 1 amide bonds. The van der Waals surface area contributed by atoms with Crippen molar-refractivity contribution < 1.29 is 13.2 Å². The van der Waals surface area contributed by atoms with E-state index in [9.17, 15) is 13.2 Å². The molecule has 2 aliphatic heterocycles. The van der Waals surface area contributed by atoms with E-state index < -0.39 is 10.0 Å². The molecule has 8 heteroatoms. The number of fused-ring (bicyclic) bond motifs is 1. The number of nitrogens with zero attached hydrogens (tertiary/aromatic N) is 2. The molecule has 1 atom stereocenters. The number of nitrogens with one attached hydrogen (secondary N) is 1. The van der Waals surface area contributed by atoms with Gasteiger partial charge in [0.25, 0.3) is 15.9 Å².